The second kappa shape index (κ2) is 6.39. The largest absolute Gasteiger partial charge is 0.489 e. The van der Waals surface area contributed by atoms with Gasteiger partial charge in [0.15, 0.2) is 0 Å². The normalized spacial score (nSPS) is 19.5. The number of likely N-dealkylation sites (tertiary alicyclic amines) is 1. The summed E-state index contributed by atoms with van der Waals surface area (Å²) >= 11 is 0. The SMILES string of the molecule is Cc1cc(C)cc(C2CCCN2C(=O)N2CCOc3ccncc32)c1. The Kier molecular flexibility index (Phi) is 4.07. The first-order valence-electron chi connectivity index (χ1n) is 8.86. The third-order valence-corrected chi connectivity index (χ3v) is 4.98. The highest BCUT2D eigenvalue weighted by molar-refractivity contribution is 5.94. The Bertz CT molecular complexity index is 785. The molecule has 25 heavy (non-hydrogen) atoms. The quantitative estimate of drug-likeness (QED) is 0.794. The van der Waals surface area contributed by atoms with E-state index in [0.717, 1.165) is 30.8 Å². The Labute approximate surface area is 148 Å². The standard InChI is InChI=1S/C20H23N3O2/c1-14-10-15(2)12-16(11-14)17-4-3-7-22(17)20(24)23-8-9-25-19-5-6-21-13-18(19)23/h5-6,10-13,17H,3-4,7-9H2,1-2H3. The molecule has 1 fully saturated rings. The summed E-state index contributed by atoms with van der Waals surface area (Å²) in [6.07, 6.45) is 5.46. The molecule has 0 N–H and O–H groups in total. The van der Waals surface area contributed by atoms with Gasteiger partial charge in [-0.15, -0.1) is 0 Å². The number of nitrogens with zero attached hydrogens (tertiary/aromatic N) is 3. The van der Waals surface area contributed by atoms with Gasteiger partial charge in [-0.1, -0.05) is 29.3 Å². The molecule has 5 nitrogen and oxygen atoms in total. The lowest BCUT2D eigenvalue weighted by atomic mass is 10.00. The number of amides is 2. The van der Waals surface area contributed by atoms with E-state index in [-0.39, 0.29) is 12.1 Å². The number of urea groups is 1. The summed E-state index contributed by atoms with van der Waals surface area (Å²) in [5.74, 6) is 0.733. The summed E-state index contributed by atoms with van der Waals surface area (Å²) in [6.45, 7) is 6.10. The van der Waals surface area contributed by atoms with Crippen LogP contribution >= 0.6 is 0 Å². The van der Waals surface area contributed by atoms with Gasteiger partial charge in [0.05, 0.1) is 18.8 Å². The first kappa shape index (κ1) is 15.9. The van der Waals surface area contributed by atoms with Crippen molar-refractivity contribution < 1.29 is 9.53 Å². The molecule has 1 aromatic carbocycles. The lowest BCUT2D eigenvalue weighted by Gasteiger charge is -2.35. The van der Waals surface area contributed by atoms with Crippen molar-refractivity contribution in [3.63, 3.8) is 0 Å². The fourth-order valence-corrected chi connectivity index (χ4v) is 3.96. The second-order valence-corrected chi connectivity index (χ2v) is 6.90. The highest BCUT2D eigenvalue weighted by Gasteiger charge is 2.35. The fourth-order valence-electron chi connectivity index (χ4n) is 3.96. The molecule has 0 radical (unpaired) electrons. The Hall–Kier alpha value is -2.56. The summed E-state index contributed by atoms with van der Waals surface area (Å²) in [6, 6.07) is 8.61. The molecule has 0 spiro atoms. The molecule has 1 saturated heterocycles. The van der Waals surface area contributed by atoms with Crippen LogP contribution in [0.1, 0.15) is 35.6 Å². The topological polar surface area (TPSA) is 45.7 Å². The predicted molar refractivity (Wildman–Crippen MR) is 97.1 cm³/mol. The Morgan fingerprint density at radius 2 is 2.00 bits per heavy atom. The van der Waals surface area contributed by atoms with Crippen LogP contribution in [0.4, 0.5) is 10.5 Å². The van der Waals surface area contributed by atoms with Crippen molar-refractivity contribution in [2.24, 2.45) is 0 Å². The highest BCUT2D eigenvalue weighted by atomic mass is 16.5. The maximum Gasteiger partial charge on any atom is 0.325 e. The van der Waals surface area contributed by atoms with Crippen LogP contribution in [-0.2, 0) is 0 Å². The number of hydrogen-bond donors (Lipinski definition) is 0. The smallest absolute Gasteiger partial charge is 0.325 e. The van der Waals surface area contributed by atoms with E-state index in [1.165, 1.54) is 16.7 Å². The van der Waals surface area contributed by atoms with Crippen molar-refractivity contribution in [3.8, 4) is 5.75 Å². The van der Waals surface area contributed by atoms with Crippen molar-refractivity contribution in [1.82, 2.24) is 9.88 Å². The minimum Gasteiger partial charge on any atom is -0.489 e. The third kappa shape index (κ3) is 2.95. The van der Waals surface area contributed by atoms with E-state index in [2.05, 4.69) is 37.0 Å². The number of anilines is 1. The molecule has 0 aliphatic carbocycles. The monoisotopic (exact) mass is 337 g/mol. The van der Waals surface area contributed by atoms with Crippen molar-refractivity contribution in [2.45, 2.75) is 32.7 Å². The molecule has 2 aliphatic heterocycles. The van der Waals surface area contributed by atoms with Crippen LogP contribution in [0.5, 0.6) is 5.75 Å². The number of ether oxygens (including phenoxy) is 1. The molecule has 4 rings (SSSR count). The minimum absolute atomic E-state index is 0.0548. The lowest BCUT2D eigenvalue weighted by molar-refractivity contribution is 0.195. The van der Waals surface area contributed by atoms with Gasteiger partial charge in [-0.25, -0.2) is 4.79 Å². The van der Waals surface area contributed by atoms with Gasteiger partial charge in [-0.05, 0) is 32.3 Å². The zero-order chi connectivity index (χ0) is 17.4. The van der Waals surface area contributed by atoms with E-state index in [1.54, 1.807) is 12.4 Å². The van der Waals surface area contributed by atoms with Gasteiger partial charge in [0.1, 0.15) is 18.0 Å². The van der Waals surface area contributed by atoms with E-state index >= 15 is 0 Å². The van der Waals surface area contributed by atoms with Gasteiger partial charge in [0.2, 0.25) is 0 Å². The summed E-state index contributed by atoms with van der Waals surface area (Å²) in [5.41, 5.74) is 4.50. The summed E-state index contributed by atoms with van der Waals surface area (Å²) in [4.78, 5) is 21.3. The van der Waals surface area contributed by atoms with E-state index < -0.39 is 0 Å². The van der Waals surface area contributed by atoms with E-state index in [9.17, 15) is 4.79 Å². The third-order valence-electron chi connectivity index (χ3n) is 4.98. The average molecular weight is 337 g/mol. The number of aryl methyl sites for hydroxylation is 2. The van der Waals surface area contributed by atoms with Crippen LogP contribution in [-0.4, -0.2) is 35.6 Å². The van der Waals surface area contributed by atoms with Crippen molar-refractivity contribution in [2.75, 3.05) is 24.6 Å². The lowest BCUT2D eigenvalue weighted by Crippen LogP contribution is -2.46. The number of fused-ring (bicyclic) bond motifs is 1. The molecule has 1 unspecified atom stereocenters. The molecule has 2 aromatic rings. The van der Waals surface area contributed by atoms with Gasteiger partial charge >= 0.3 is 6.03 Å². The molecule has 2 aliphatic rings. The van der Waals surface area contributed by atoms with Gasteiger partial charge in [0.25, 0.3) is 0 Å². The van der Waals surface area contributed by atoms with E-state index in [1.807, 2.05) is 15.9 Å². The Morgan fingerprint density at radius 1 is 1.20 bits per heavy atom. The summed E-state index contributed by atoms with van der Waals surface area (Å²) < 4.78 is 5.66. The van der Waals surface area contributed by atoms with Gasteiger partial charge < -0.3 is 9.64 Å². The van der Waals surface area contributed by atoms with Crippen LogP contribution in [0.3, 0.4) is 0 Å². The number of carbonyl (C=O) groups excluding carboxylic acids is 1. The molecule has 130 valence electrons. The number of hydrogen-bond acceptors (Lipinski definition) is 3. The highest BCUT2D eigenvalue weighted by Crippen LogP contribution is 2.37. The average Bonchev–Trinajstić information content (AvgIpc) is 3.09. The molecule has 1 aromatic heterocycles. The zero-order valence-electron chi connectivity index (χ0n) is 14.7. The van der Waals surface area contributed by atoms with Gasteiger partial charge in [-0.2, -0.15) is 0 Å². The number of carbonyl (C=O) groups is 1. The molecule has 1 atom stereocenters. The minimum atomic E-state index is 0.0548. The predicted octanol–water partition coefficient (Wildman–Crippen LogP) is 3.85. The van der Waals surface area contributed by atoms with Crippen molar-refractivity contribution >= 4 is 11.7 Å². The fraction of sp³-hybridized carbons (Fsp3) is 0.400. The maximum absolute atomic E-state index is 13.3. The second-order valence-electron chi connectivity index (χ2n) is 6.90. The van der Waals surface area contributed by atoms with Crippen LogP contribution in [0.25, 0.3) is 0 Å². The van der Waals surface area contributed by atoms with E-state index in [0.29, 0.717) is 13.2 Å². The first-order chi connectivity index (χ1) is 12.1. The molecule has 2 amide bonds. The van der Waals surface area contributed by atoms with Gasteiger partial charge in [0, 0.05) is 18.8 Å². The van der Waals surface area contributed by atoms with E-state index in [4.69, 9.17) is 4.74 Å². The van der Waals surface area contributed by atoms with Gasteiger partial charge in [-0.3, -0.25) is 9.88 Å². The molecular weight excluding hydrogens is 314 g/mol. The Balaban J connectivity index is 1.64. The maximum atomic E-state index is 13.3. The summed E-state index contributed by atoms with van der Waals surface area (Å²) in [7, 11) is 0. The van der Waals surface area contributed by atoms with Crippen LogP contribution in [0, 0.1) is 13.8 Å². The number of benzene rings is 1. The van der Waals surface area contributed by atoms with Crippen molar-refractivity contribution in [3.05, 3.63) is 53.3 Å². The van der Waals surface area contributed by atoms with Crippen LogP contribution in [0.2, 0.25) is 0 Å². The Morgan fingerprint density at radius 3 is 2.80 bits per heavy atom. The van der Waals surface area contributed by atoms with Crippen LogP contribution < -0.4 is 9.64 Å². The number of rotatable bonds is 1. The molecule has 0 saturated carbocycles. The molecule has 5 heteroatoms. The van der Waals surface area contributed by atoms with Crippen molar-refractivity contribution in [1.29, 1.82) is 0 Å². The summed E-state index contributed by atoms with van der Waals surface area (Å²) in [5, 5.41) is 0. The first-order valence-corrected chi connectivity index (χ1v) is 8.86. The molecule has 3 heterocycles. The zero-order valence-corrected chi connectivity index (χ0v) is 14.7. The number of aromatic nitrogens is 1. The molecule has 0 bridgehead atoms. The molecular formula is C20H23N3O2. The van der Waals surface area contributed by atoms with Crippen LogP contribution in [0.15, 0.2) is 36.7 Å². The number of pyridine rings is 1.